The Morgan fingerprint density at radius 2 is 1.29 bits per heavy atom. The number of benzene rings is 2. The van der Waals surface area contributed by atoms with Crippen molar-refractivity contribution < 1.29 is 31.4 Å². The zero-order chi connectivity index (χ0) is 15.9. The van der Waals surface area contributed by atoms with E-state index in [-0.39, 0.29) is 11.1 Å². The van der Waals surface area contributed by atoms with Crippen LogP contribution >= 0.6 is 0 Å². The highest BCUT2D eigenvalue weighted by atomic mass is 19.2. The molecule has 0 bridgehead atoms. The van der Waals surface area contributed by atoms with Crippen LogP contribution in [-0.4, -0.2) is 5.11 Å². The summed E-state index contributed by atoms with van der Waals surface area (Å²) in [5.41, 5.74) is -1.52. The van der Waals surface area contributed by atoms with Gasteiger partial charge in [0.2, 0.25) is 5.82 Å². The second-order valence-electron chi connectivity index (χ2n) is 4.39. The molecule has 1 N–H and O–H groups in total. The summed E-state index contributed by atoms with van der Waals surface area (Å²) in [4.78, 5) is 0. The minimum Gasteiger partial charge on any atom is -0.383 e. The van der Waals surface area contributed by atoms with Crippen LogP contribution in [0.1, 0.15) is 22.8 Å². The number of hydrogen-bond acceptors (Lipinski definition) is 1. The van der Waals surface area contributed by atoms with Crippen molar-refractivity contribution >= 4 is 0 Å². The molecule has 0 aliphatic heterocycles. The van der Waals surface area contributed by atoms with Crippen LogP contribution in [0.2, 0.25) is 0 Å². The molecule has 1 nitrogen and oxygen atoms in total. The third kappa shape index (κ3) is 2.49. The lowest BCUT2D eigenvalue weighted by Crippen LogP contribution is -2.12. The molecule has 0 spiro atoms. The Morgan fingerprint density at radius 1 is 0.810 bits per heavy atom. The third-order valence-electron chi connectivity index (χ3n) is 3.01. The molecule has 2 rings (SSSR count). The molecular formula is C14H8F6O. The fraction of sp³-hybridized carbons (Fsp3) is 0.143. The number of hydrogen-bond donors (Lipinski definition) is 1. The highest BCUT2D eigenvalue weighted by Crippen LogP contribution is 2.31. The average molecular weight is 306 g/mol. The quantitative estimate of drug-likeness (QED) is 0.507. The van der Waals surface area contributed by atoms with Crippen LogP contribution in [0.25, 0.3) is 0 Å². The molecule has 7 heteroatoms. The minimum atomic E-state index is -2.31. The van der Waals surface area contributed by atoms with E-state index < -0.39 is 46.6 Å². The summed E-state index contributed by atoms with van der Waals surface area (Å²) in [6, 6.07) is 2.96. The Kier molecular flexibility index (Phi) is 3.95. The van der Waals surface area contributed by atoms with Crippen molar-refractivity contribution in [2.24, 2.45) is 0 Å². The SMILES string of the molecule is Cc1cc(C(O)c2c(F)c(F)c(F)c(F)c2F)ccc1F. The Bertz CT molecular complexity index is 684. The van der Waals surface area contributed by atoms with E-state index in [2.05, 4.69) is 0 Å². The van der Waals surface area contributed by atoms with Crippen molar-refractivity contribution in [1.82, 2.24) is 0 Å². The summed E-state index contributed by atoms with van der Waals surface area (Å²) >= 11 is 0. The molecule has 112 valence electrons. The fourth-order valence-electron chi connectivity index (χ4n) is 1.87. The van der Waals surface area contributed by atoms with Gasteiger partial charge in [-0.25, -0.2) is 26.3 Å². The van der Waals surface area contributed by atoms with E-state index >= 15 is 0 Å². The Morgan fingerprint density at radius 3 is 1.76 bits per heavy atom. The first kappa shape index (κ1) is 15.4. The normalized spacial score (nSPS) is 12.6. The molecule has 0 amide bonds. The topological polar surface area (TPSA) is 20.2 Å². The van der Waals surface area contributed by atoms with E-state index in [1.165, 1.54) is 6.92 Å². The smallest absolute Gasteiger partial charge is 0.200 e. The van der Waals surface area contributed by atoms with E-state index in [1.54, 1.807) is 0 Å². The van der Waals surface area contributed by atoms with Crippen LogP contribution in [0.4, 0.5) is 26.3 Å². The average Bonchev–Trinajstić information content (AvgIpc) is 2.46. The van der Waals surface area contributed by atoms with Gasteiger partial charge in [0.15, 0.2) is 23.3 Å². The van der Waals surface area contributed by atoms with Crippen molar-refractivity contribution in [1.29, 1.82) is 0 Å². The fourth-order valence-corrected chi connectivity index (χ4v) is 1.87. The molecule has 2 aromatic rings. The molecule has 0 saturated heterocycles. The predicted molar refractivity (Wildman–Crippen MR) is 61.4 cm³/mol. The second-order valence-corrected chi connectivity index (χ2v) is 4.39. The molecule has 21 heavy (non-hydrogen) atoms. The van der Waals surface area contributed by atoms with Gasteiger partial charge < -0.3 is 5.11 Å². The van der Waals surface area contributed by atoms with Gasteiger partial charge in [-0.3, -0.25) is 0 Å². The lowest BCUT2D eigenvalue weighted by molar-refractivity contribution is 0.202. The Labute approximate surface area is 115 Å². The molecular weight excluding hydrogens is 298 g/mol. The van der Waals surface area contributed by atoms with Crippen molar-refractivity contribution in [3.05, 3.63) is 69.8 Å². The van der Waals surface area contributed by atoms with Crippen LogP contribution in [0.3, 0.4) is 0 Å². The van der Waals surface area contributed by atoms with Crippen molar-refractivity contribution in [3.63, 3.8) is 0 Å². The molecule has 0 aliphatic rings. The maximum absolute atomic E-state index is 13.6. The van der Waals surface area contributed by atoms with Crippen LogP contribution in [0.15, 0.2) is 18.2 Å². The standard InChI is InChI=1S/C14H8F6O/c1-5-4-6(2-3-7(5)15)14(21)8-9(16)11(18)13(20)12(19)10(8)17/h2-4,14,21H,1H3. The monoisotopic (exact) mass is 306 g/mol. The van der Waals surface area contributed by atoms with E-state index in [0.717, 1.165) is 18.2 Å². The Hall–Kier alpha value is -2.02. The molecule has 2 aromatic carbocycles. The number of aliphatic hydroxyl groups is 1. The first-order valence-corrected chi connectivity index (χ1v) is 5.71. The number of aryl methyl sites for hydroxylation is 1. The van der Waals surface area contributed by atoms with E-state index in [0.29, 0.717) is 0 Å². The molecule has 0 aromatic heterocycles. The van der Waals surface area contributed by atoms with Crippen molar-refractivity contribution in [3.8, 4) is 0 Å². The van der Waals surface area contributed by atoms with Gasteiger partial charge in [-0.1, -0.05) is 12.1 Å². The molecule has 1 atom stereocenters. The summed E-state index contributed by atoms with van der Waals surface area (Å²) in [5.74, 6) is -11.5. The summed E-state index contributed by atoms with van der Waals surface area (Å²) in [7, 11) is 0. The van der Waals surface area contributed by atoms with E-state index in [1.807, 2.05) is 0 Å². The van der Waals surface area contributed by atoms with Gasteiger partial charge in [0.1, 0.15) is 11.9 Å². The molecule has 1 unspecified atom stereocenters. The second kappa shape index (κ2) is 5.40. The van der Waals surface area contributed by atoms with Gasteiger partial charge >= 0.3 is 0 Å². The highest BCUT2D eigenvalue weighted by Gasteiger charge is 2.30. The predicted octanol–water partition coefficient (Wildman–Crippen LogP) is 3.91. The lowest BCUT2D eigenvalue weighted by Gasteiger charge is -2.15. The number of aliphatic hydroxyl groups excluding tert-OH is 1. The largest absolute Gasteiger partial charge is 0.383 e. The van der Waals surface area contributed by atoms with Gasteiger partial charge in [-0.2, -0.15) is 0 Å². The van der Waals surface area contributed by atoms with Gasteiger partial charge in [0, 0.05) is 0 Å². The Balaban J connectivity index is 2.63. The minimum absolute atomic E-state index is 0.0513. The summed E-state index contributed by atoms with van der Waals surface area (Å²) in [6.45, 7) is 1.32. The summed E-state index contributed by atoms with van der Waals surface area (Å²) < 4.78 is 79.3. The summed E-state index contributed by atoms with van der Waals surface area (Å²) in [6.07, 6.45) is -2.12. The molecule has 0 radical (unpaired) electrons. The first-order chi connectivity index (χ1) is 9.75. The van der Waals surface area contributed by atoms with Crippen molar-refractivity contribution in [2.45, 2.75) is 13.0 Å². The zero-order valence-corrected chi connectivity index (χ0v) is 10.5. The van der Waals surface area contributed by atoms with Gasteiger partial charge in [-0.15, -0.1) is 0 Å². The van der Waals surface area contributed by atoms with Gasteiger partial charge in [0.25, 0.3) is 0 Å². The number of halogens is 6. The molecule has 0 fully saturated rings. The summed E-state index contributed by atoms with van der Waals surface area (Å²) in [5, 5.41) is 9.85. The first-order valence-electron chi connectivity index (χ1n) is 5.71. The van der Waals surface area contributed by atoms with E-state index in [4.69, 9.17) is 0 Å². The number of rotatable bonds is 2. The maximum atomic E-state index is 13.6. The maximum Gasteiger partial charge on any atom is 0.200 e. The van der Waals surface area contributed by atoms with Crippen LogP contribution in [-0.2, 0) is 0 Å². The molecule has 0 heterocycles. The molecule has 0 aliphatic carbocycles. The third-order valence-corrected chi connectivity index (χ3v) is 3.01. The van der Waals surface area contributed by atoms with E-state index in [9.17, 15) is 31.4 Å². The highest BCUT2D eigenvalue weighted by molar-refractivity contribution is 5.35. The van der Waals surface area contributed by atoms with Crippen molar-refractivity contribution in [2.75, 3.05) is 0 Å². The van der Waals surface area contributed by atoms with Crippen LogP contribution in [0.5, 0.6) is 0 Å². The van der Waals surface area contributed by atoms with Gasteiger partial charge in [-0.05, 0) is 24.1 Å². The van der Waals surface area contributed by atoms with Crippen LogP contribution in [0, 0.1) is 41.8 Å². The lowest BCUT2D eigenvalue weighted by atomic mass is 9.98. The van der Waals surface area contributed by atoms with Crippen LogP contribution < -0.4 is 0 Å². The molecule has 0 saturated carbocycles. The zero-order valence-electron chi connectivity index (χ0n) is 10.5. The van der Waals surface area contributed by atoms with Gasteiger partial charge in [0.05, 0.1) is 5.56 Å².